The standard InChI is InChI=1S/C21H31BN.Na/c1-12-16-7-14(20(16,3)4)9-18(12)22(11-23)19-10-15-8-17(13(19)2)21(15,5)6;/h9-10,12-17,22H,7-8H2,1-6H3;/q-1;+1. The van der Waals surface area contributed by atoms with Crippen LogP contribution in [0.2, 0.25) is 0 Å². The molecule has 0 aromatic heterocycles. The average molecular weight is 331 g/mol. The third-order valence-electron chi connectivity index (χ3n) is 9.02. The summed E-state index contributed by atoms with van der Waals surface area (Å²) >= 11 is 0. The maximum Gasteiger partial charge on any atom is 1.00 e. The molecule has 4 bridgehead atoms. The number of hydrogen-bond acceptors (Lipinski definition) is 1. The Labute approximate surface area is 170 Å². The molecule has 0 N–H and O–H groups in total. The van der Waals surface area contributed by atoms with Crippen molar-refractivity contribution in [2.75, 3.05) is 0 Å². The molecule has 6 aliphatic rings. The van der Waals surface area contributed by atoms with Crippen LogP contribution in [0.5, 0.6) is 0 Å². The second-order valence-electron chi connectivity index (χ2n) is 10.3. The molecule has 2 saturated carbocycles. The van der Waals surface area contributed by atoms with Gasteiger partial charge in [-0.05, 0) is 47.3 Å². The quantitative estimate of drug-likeness (QED) is 0.709. The molecule has 0 heterocycles. The summed E-state index contributed by atoms with van der Waals surface area (Å²) in [6.07, 6.45) is 7.77. The molecule has 0 saturated heterocycles. The summed E-state index contributed by atoms with van der Waals surface area (Å²) in [5.74, 6) is 7.01. The van der Waals surface area contributed by atoms with E-state index in [9.17, 15) is 5.26 Å². The third-order valence-corrected chi connectivity index (χ3v) is 9.02. The van der Waals surface area contributed by atoms with Crippen molar-refractivity contribution in [3.63, 3.8) is 0 Å². The van der Waals surface area contributed by atoms with Gasteiger partial charge in [-0.3, -0.25) is 0 Å². The Kier molecular flexibility index (Phi) is 4.52. The van der Waals surface area contributed by atoms with E-state index < -0.39 is 6.71 Å². The van der Waals surface area contributed by atoms with Crippen LogP contribution < -0.4 is 29.6 Å². The molecule has 1 nitrogen and oxygen atoms in total. The predicted octanol–water partition coefficient (Wildman–Crippen LogP) is 1.84. The van der Waals surface area contributed by atoms with Gasteiger partial charge in [0.25, 0.3) is 0 Å². The number of hydrogen-bond donors (Lipinski definition) is 0. The van der Waals surface area contributed by atoms with Gasteiger partial charge in [0.05, 0.1) is 0 Å². The first-order valence-electron chi connectivity index (χ1n) is 9.71. The summed E-state index contributed by atoms with van der Waals surface area (Å²) in [6.45, 7) is 13.5. The zero-order chi connectivity index (χ0) is 16.7. The minimum absolute atomic E-state index is 0. The molecule has 0 amide bonds. The van der Waals surface area contributed by atoms with Crippen LogP contribution in [0.15, 0.2) is 23.1 Å². The van der Waals surface area contributed by atoms with Gasteiger partial charge in [0.1, 0.15) is 6.71 Å². The second kappa shape index (κ2) is 5.77. The molecule has 0 spiro atoms. The average Bonchev–Trinajstić information content (AvgIpc) is 2.49. The van der Waals surface area contributed by atoms with Gasteiger partial charge in [-0.2, -0.15) is 5.97 Å². The topological polar surface area (TPSA) is 23.8 Å². The molecule has 6 atom stereocenters. The van der Waals surface area contributed by atoms with Crippen molar-refractivity contribution in [3.8, 4) is 5.97 Å². The molecule has 6 rings (SSSR count). The molecule has 6 unspecified atom stereocenters. The minimum atomic E-state index is -0.940. The smallest absolute Gasteiger partial charge is 0.249 e. The molecule has 0 radical (unpaired) electrons. The van der Waals surface area contributed by atoms with E-state index in [2.05, 4.69) is 59.7 Å². The molecule has 6 aliphatic carbocycles. The normalized spacial score (nSPS) is 44.5. The number of nitriles is 1. The summed E-state index contributed by atoms with van der Waals surface area (Å²) in [5.41, 5.74) is 3.98. The molecule has 0 aliphatic heterocycles. The van der Waals surface area contributed by atoms with Crippen molar-refractivity contribution < 1.29 is 29.6 Å². The zero-order valence-corrected chi connectivity index (χ0v) is 18.7. The molecule has 2 fully saturated rings. The van der Waals surface area contributed by atoms with Gasteiger partial charge in [0.15, 0.2) is 0 Å². The van der Waals surface area contributed by atoms with E-state index in [1.54, 1.807) is 0 Å². The first-order chi connectivity index (χ1) is 10.7. The molecular weight excluding hydrogens is 300 g/mol. The number of nitrogens with zero attached hydrogens (tertiary/aromatic N) is 1. The molecule has 24 heavy (non-hydrogen) atoms. The first-order valence-corrected chi connectivity index (χ1v) is 9.71. The summed E-state index contributed by atoms with van der Waals surface area (Å²) in [6, 6.07) is 0. The molecular formula is C21H31BNNa. The van der Waals surface area contributed by atoms with Gasteiger partial charge in [0, 0.05) is 0 Å². The van der Waals surface area contributed by atoms with Crippen LogP contribution in [0.3, 0.4) is 0 Å². The van der Waals surface area contributed by atoms with Crippen LogP contribution in [-0.4, -0.2) is 6.71 Å². The zero-order valence-electron chi connectivity index (χ0n) is 16.7. The number of allylic oxidation sites excluding steroid dienone is 4. The predicted molar refractivity (Wildman–Crippen MR) is 98.0 cm³/mol. The molecule has 3 heteroatoms. The Morgan fingerprint density at radius 1 is 0.917 bits per heavy atom. The van der Waals surface area contributed by atoms with Gasteiger partial charge in [-0.1, -0.05) is 53.4 Å². The minimum Gasteiger partial charge on any atom is -0.249 e. The third kappa shape index (κ3) is 2.24. The Hall–Kier alpha value is 0.0349. The van der Waals surface area contributed by atoms with E-state index in [1.165, 1.54) is 23.8 Å². The van der Waals surface area contributed by atoms with E-state index in [0.29, 0.717) is 34.5 Å². The van der Waals surface area contributed by atoms with Crippen molar-refractivity contribution in [1.29, 1.82) is 5.26 Å². The summed E-state index contributed by atoms with van der Waals surface area (Å²) < 4.78 is 0. The van der Waals surface area contributed by atoms with Crippen LogP contribution in [0.1, 0.15) is 54.4 Å². The Morgan fingerprint density at radius 3 is 1.54 bits per heavy atom. The Morgan fingerprint density at radius 2 is 1.29 bits per heavy atom. The van der Waals surface area contributed by atoms with Crippen LogP contribution in [0.4, 0.5) is 0 Å². The van der Waals surface area contributed by atoms with Gasteiger partial charge >= 0.3 is 29.6 Å². The van der Waals surface area contributed by atoms with Crippen molar-refractivity contribution >= 4 is 6.71 Å². The van der Waals surface area contributed by atoms with Crippen LogP contribution in [-0.2, 0) is 0 Å². The second-order valence-corrected chi connectivity index (χ2v) is 10.3. The fraction of sp³-hybridized carbons (Fsp3) is 0.762. The largest absolute Gasteiger partial charge is 1.00 e. The molecule has 0 aromatic carbocycles. The maximum atomic E-state index is 10.0. The van der Waals surface area contributed by atoms with Crippen LogP contribution in [0.25, 0.3) is 0 Å². The Bertz CT molecular complexity index is 603. The summed E-state index contributed by atoms with van der Waals surface area (Å²) in [4.78, 5) is 0. The van der Waals surface area contributed by atoms with Crippen molar-refractivity contribution in [2.24, 2.45) is 46.3 Å². The number of rotatable bonds is 2. The SMILES string of the molecule is CC1C([BH-](C#N)C2=CC3CC(C2C)C3(C)C)=CC2CC1C2(C)C.[Na+]. The van der Waals surface area contributed by atoms with Crippen LogP contribution >= 0.6 is 0 Å². The Balaban J connectivity index is 0.00000169. The maximum absolute atomic E-state index is 10.0. The van der Waals surface area contributed by atoms with Crippen molar-refractivity contribution in [3.05, 3.63) is 23.1 Å². The van der Waals surface area contributed by atoms with E-state index in [4.69, 9.17) is 0 Å². The van der Waals surface area contributed by atoms with Crippen LogP contribution in [0, 0.1) is 57.6 Å². The van der Waals surface area contributed by atoms with Crippen molar-refractivity contribution in [1.82, 2.24) is 0 Å². The summed E-state index contributed by atoms with van der Waals surface area (Å²) in [7, 11) is 0. The fourth-order valence-electron chi connectivity index (χ4n) is 6.89. The van der Waals surface area contributed by atoms with E-state index >= 15 is 0 Å². The van der Waals surface area contributed by atoms with Gasteiger partial charge in [-0.15, -0.1) is 12.2 Å². The van der Waals surface area contributed by atoms with E-state index in [1.807, 2.05) is 0 Å². The van der Waals surface area contributed by atoms with Gasteiger partial charge in [0.2, 0.25) is 0 Å². The van der Waals surface area contributed by atoms with E-state index in [0.717, 1.165) is 11.8 Å². The van der Waals surface area contributed by atoms with Crippen molar-refractivity contribution in [2.45, 2.75) is 54.4 Å². The molecule has 124 valence electrons. The summed E-state index contributed by atoms with van der Waals surface area (Å²) in [5, 5.41) is 10.0. The van der Waals surface area contributed by atoms with E-state index in [-0.39, 0.29) is 29.6 Å². The molecule has 0 aromatic rings. The van der Waals surface area contributed by atoms with Gasteiger partial charge < -0.3 is 0 Å². The monoisotopic (exact) mass is 331 g/mol. The first kappa shape index (κ1) is 18.8. The number of fused-ring (bicyclic) bond motifs is 2. The fourth-order valence-corrected chi connectivity index (χ4v) is 6.89. The van der Waals surface area contributed by atoms with Gasteiger partial charge in [-0.25, -0.2) is 16.2 Å².